The standard InChI is InChI=1S/C33H50N4O6/c1-25(2)41-29(38)35-20-22-36(30(39)42-32(3,4)5)18-16-34(17-19-37(23-21-35)31(40)43-33(6,7)8)24-27-14-11-13-26-12-9-10-15-28(26)27/h9-15,25H,16-24H2,1-8H3. The average molecular weight is 599 g/mol. The molecule has 0 atom stereocenters. The molecule has 238 valence electrons. The van der Waals surface area contributed by atoms with E-state index in [0.29, 0.717) is 32.7 Å². The molecule has 3 amide bonds. The Morgan fingerprint density at radius 3 is 1.58 bits per heavy atom. The molecule has 0 aliphatic carbocycles. The number of nitrogens with zero attached hydrogens (tertiary/aromatic N) is 4. The summed E-state index contributed by atoms with van der Waals surface area (Å²) in [7, 11) is 0. The molecule has 0 radical (unpaired) electrons. The van der Waals surface area contributed by atoms with Gasteiger partial charge < -0.3 is 28.9 Å². The van der Waals surface area contributed by atoms with Crippen LogP contribution in [0.2, 0.25) is 0 Å². The van der Waals surface area contributed by atoms with Gasteiger partial charge in [-0.05, 0) is 71.7 Å². The zero-order valence-corrected chi connectivity index (χ0v) is 27.2. The lowest BCUT2D eigenvalue weighted by atomic mass is 10.0. The summed E-state index contributed by atoms with van der Waals surface area (Å²) in [5, 5.41) is 2.33. The second-order valence-corrected chi connectivity index (χ2v) is 13.3. The Bertz CT molecular complexity index is 1190. The Balaban J connectivity index is 1.92. The third kappa shape index (κ3) is 11.2. The molecule has 10 heteroatoms. The molecule has 2 aromatic carbocycles. The first-order chi connectivity index (χ1) is 20.1. The first-order valence-electron chi connectivity index (χ1n) is 15.2. The maximum atomic E-state index is 13.3. The summed E-state index contributed by atoms with van der Waals surface area (Å²) < 4.78 is 17.0. The van der Waals surface area contributed by atoms with Gasteiger partial charge in [0.25, 0.3) is 0 Å². The first kappa shape index (κ1) is 34.0. The number of ether oxygens (including phenoxy) is 3. The molecule has 0 bridgehead atoms. The molecule has 43 heavy (non-hydrogen) atoms. The van der Waals surface area contributed by atoms with E-state index in [1.807, 2.05) is 53.7 Å². The lowest BCUT2D eigenvalue weighted by molar-refractivity contribution is 0.0128. The highest BCUT2D eigenvalue weighted by Gasteiger charge is 2.28. The Kier molecular flexibility index (Phi) is 11.7. The molecule has 0 unspecified atom stereocenters. The van der Waals surface area contributed by atoms with Crippen molar-refractivity contribution in [1.29, 1.82) is 0 Å². The minimum absolute atomic E-state index is 0.232. The zero-order valence-electron chi connectivity index (χ0n) is 27.2. The van der Waals surface area contributed by atoms with Gasteiger partial charge in [-0.3, -0.25) is 4.90 Å². The van der Waals surface area contributed by atoms with Crippen molar-refractivity contribution >= 4 is 29.1 Å². The fourth-order valence-corrected chi connectivity index (χ4v) is 4.76. The van der Waals surface area contributed by atoms with Crippen LogP contribution in [0.4, 0.5) is 14.4 Å². The van der Waals surface area contributed by atoms with E-state index in [1.54, 1.807) is 28.5 Å². The van der Waals surface area contributed by atoms with Crippen LogP contribution < -0.4 is 0 Å². The molecule has 1 heterocycles. The predicted octanol–water partition coefficient (Wildman–Crippen LogP) is 5.98. The minimum Gasteiger partial charge on any atom is -0.447 e. The van der Waals surface area contributed by atoms with Crippen molar-refractivity contribution in [3.8, 4) is 0 Å². The van der Waals surface area contributed by atoms with E-state index in [1.165, 1.54) is 10.9 Å². The second kappa shape index (κ2) is 14.8. The lowest BCUT2D eigenvalue weighted by Gasteiger charge is -2.35. The average Bonchev–Trinajstić information content (AvgIpc) is 2.88. The van der Waals surface area contributed by atoms with E-state index in [2.05, 4.69) is 35.2 Å². The number of hydrogen-bond donors (Lipinski definition) is 0. The Labute approximate surface area is 256 Å². The summed E-state index contributed by atoms with van der Waals surface area (Å²) >= 11 is 0. The van der Waals surface area contributed by atoms with Gasteiger partial charge in [0.15, 0.2) is 0 Å². The smallest absolute Gasteiger partial charge is 0.410 e. The molecule has 3 rings (SSSR count). The normalized spacial score (nSPS) is 16.4. The summed E-state index contributed by atoms with van der Waals surface area (Å²) in [6.07, 6.45) is -1.65. The van der Waals surface area contributed by atoms with Crippen molar-refractivity contribution in [3.63, 3.8) is 0 Å². The molecule has 2 aromatic rings. The highest BCUT2D eigenvalue weighted by atomic mass is 16.6. The Hall–Kier alpha value is -3.53. The molecule has 0 spiro atoms. The van der Waals surface area contributed by atoms with Crippen LogP contribution in [-0.2, 0) is 20.8 Å². The molecule has 0 saturated carbocycles. The molecule has 1 aliphatic heterocycles. The highest BCUT2D eigenvalue weighted by molar-refractivity contribution is 5.85. The molecule has 0 aromatic heterocycles. The van der Waals surface area contributed by atoms with Crippen molar-refractivity contribution in [2.75, 3.05) is 52.4 Å². The number of hydrogen-bond acceptors (Lipinski definition) is 7. The summed E-state index contributed by atoms with van der Waals surface area (Å²) in [4.78, 5) is 46.7. The molecule has 0 N–H and O–H groups in total. The Morgan fingerprint density at radius 2 is 1.09 bits per heavy atom. The molecule has 1 aliphatic rings. The number of rotatable bonds is 3. The summed E-state index contributed by atoms with van der Waals surface area (Å²) in [5.41, 5.74) is -0.151. The molecular formula is C33H50N4O6. The summed E-state index contributed by atoms with van der Waals surface area (Å²) in [5.74, 6) is 0. The van der Waals surface area contributed by atoms with Gasteiger partial charge in [0.05, 0.1) is 6.10 Å². The van der Waals surface area contributed by atoms with Gasteiger partial charge >= 0.3 is 18.3 Å². The minimum atomic E-state index is -0.659. The van der Waals surface area contributed by atoms with Gasteiger partial charge in [0, 0.05) is 58.9 Å². The van der Waals surface area contributed by atoms with Crippen LogP contribution >= 0.6 is 0 Å². The van der Waals surface area contributed by atoms with Crippen LogP contribution in [0.25, 0.3) is 10.8 Å². The second-order valence-electron chi connectivity index (χ2n) is 13.3. The number of fused-ring (bicyclic) bond motifs is 1. The van der Waals surface area contributed by atoms with Crippen LogP contribution in [0.1, 0.15) is 61.0 Å². The lowest BCUT2D eigenvalue weighted by Crippen LogP contribution is -2.50. The van der Waals surface area contributed by atoms with Crippen LogP contribution in [-0.4, -0.2) is 108 Å². The predicted molar refractivity (Wildman–Crippen MR) is 168 cm³/mol. The number of benzene rings is 2. The summed E-state index contributed by atoms with van der Waals surface area (Å²) in [6, 6.07) is 14.5. The number of amides is 3. The van der Waals surface area contributed by atoms with Crippen LogP contribution in [0.5, 0.6) is 0 Å². The van der Waals surface area contributed by atoms with Gasteiger partial charge in [0.1, 0.15) is 11.2 Å². The molecular weight excluding hydrogens is 548 g/mol. The number of carbonyl (C=O) groups excluding carboxylic acids is 3. The van der Waals surface area contributed by atoms with Gasteiger partial charge in [-0.15, -0.1) is 0 Å². The van der Waals surface area contributed by atoms with Crippen molar-refractivity contribution in [3.05, 3.63) is 48.0 Å². The fraction of sp³-hybridized carbons (Fsp3) is 0.606. The van der Waals surface area contributed by atoms with Crippen LogP contribution in [0.15, 0.2) is 42.5 Å². The largest absolute Gasteiger partial charge is 0.447 e. The van der Waals surface area contributed by atoms with Gasteiger partial charge in [-0.1, -0.05) is 42.5 Å². The van der Waals surface area contributed by atoms with Crippen LogP contribution in [0.3, 0.4) is 0 Å². The van der Waals surface area contributed by atoms with E-state index >= 15 is 0 Å². The van der Waals surface area contributed by atoms with E-state index in [9.17, 15) is 14.4 Å². The van der Waals surface area contributed by atoms with E-state index in [0.717, 1.165) is 5.39 Å². The van der Waals surface area contributed by atoms with E-state index in [4.69, 9.17) is 14.2 Å². The molecule has 1 saturated heterocycles. The van der Waals surface area contributed by atoms with Crippen LogP contribution in [0, 0.1) is 0 Å². The summed E-state index contributed by atoms with van der Waals surface area (Å²) in [6.45, 7) is 18.1. The van der Waals surface area contributed by atoms with Crippen molar-refractivity contribution in [2.24, 2.45) is 0 Å². The first-order valence-corrected chi connectivity index (χ1v) is 15.2. The van der Waals surface area contributed by atoms with Crippen molar-refractivity contribution in [2.45, 2.75) is 79.2 Å². The third-order valence-corrected chi connectivity index (χ3v) is 6.82. The number of carbonyl (C=O) groups is 3. The topological polar surface area (TPSA) is 91.9 Å². The Morgan fingerprint density at radius 1 is 0.651 bits per heavy atom. The van der Waals surface area contributed by atoms with E-state index in [-0.39, 0.29) is 32.3 Å². The quantitative estimate of drug-likeness (QED) is 0.402. The van der Waals surface area contributed by atoms with Gasteiger partial charge in [-0.25, -0.2) is 14.4 Å². The fourth-order valence-electron chi connectivity index (χ4n) is 4.76. The maximum absolute atomic E-state index is 13.3. The third-order valence-electron chi connectivity index (χ3n) is 6.82. The maximum Gasteiger partial charge on any atom is 0.410 e. The van der Waals surface area contributed by atoms with Gasteiger partial charge in [0.2, 0.25) is 0 Å². The van der Waals surface area contributed by atoms with Crippen molar-refractivity contribution in [1.82, 2.24) is 19.6 Å². The van der Waals surface area contributed by atoms with Gasteiger partial charge in [-0.2, -0.15) is 0 Å². The van der Waals surface area contributed by atoms with Crippen molar-refractivity contribution < 1.29 is 28.6 Å². The van der Waals surface area contributed by atoms with E-state index < -0.39 is 29.5 Å². The molecule has 1 fully saturated rings. The highest BCUT2D eigenvalue weighted by Crippen LogP contribution is 2.21. The molecule has 10 nitrogen and oxygen atoms in total. The zero-order chi connectivity index (χ0) is 31.8. The monoisotopic (exact) mass is 598 g/mol. The SMILES string of the molecule is CC(C)OC(=O)N1CCN(C(=O)OC(C)(C)C)CCN(Cc2cccc3ccccc23)CCN(C(=O)OC(C)(C)C)CC1.